The molecule has 2 rings (SSSR count). The highest BCUT2D eigenvalue weighted by Gasteiger charge is 2.32. The molecule has 1 unspecified atom stereocenters. The smallest absolute Gasteiger partial charge is 0.227 e. The molecule has 0 N–H and O–H groups in total. The Morgan fingerprint density at radius 3 is 2.50 bits per heavy atom. The van der Waals surface area contributed by atoms with Gasteiger partial charge >= 0.3 is 0 Å². The molecule has 6 nitrogen and oxygen atoms in total. The molecule has 7 heteroatoms. The molecule has 0 radical (unpaired) electrons. The Kier molecular flexibility index (Phi) is 4.95. The number of sulfone groups is 1. The average molecular weight is 327 g/mol. The first-order valence-electron chi connectivity index (χ1n) is 7.03. The zero-order chi connectivity index (χ0) is 16.3. The van der Waals surface area contributed by atoms with Crippen LogP contribution in [0.2, 0.25) is 0 Å². The summed E-state index contributed by atoms with van der Waals surface area (Å²) < 4.78 is 33.4. The molecule has 1 fully saturated rings. The van der Waals surface area contributed by atoms with Crippen LogP contribution in [-0.4, -0.2) is 58.0 Å². The third kappa shape index (κ3) is 3.71. The van der Waals surface area contributed by atoms with E-state index < -0.39 is 9.84 Å². The predicted octanol–water partition coefficient (Wildman–Crippen LogP) is 0.892. The minimum atomic E-state index is -3.00. The lowest BCUT2D eigenvalue weighted by Crippen LogP contribution is -2.38. The van der Waals surface area contributed by atoms with E-state index in [2.05, 4.69) is 0 Å². The van der Waals surface area contributed by atoms with E-state index >= 15 is 0 Å². The van der Waals surface area contributed by atoms with E-state index in [0.717, 1.165) is 5.56 Å². The molecular formula is C15H21NO5S. The van der Waals surface area contributed by atoms with E-state index in [0.29, 0.717) is 17.9 Å². The van der Waals surface area contributed by atoms with Gasteiger partial charge in [0.1, 0.15) is 0 Å². The van der Waals surface area contributed by atoms with Crippen molar-refractivity contribution in [3.05, 3.63) is 23.8 Å². The van der Waals surface area contributed by atoms with Crippen LogP contribution in [0.1, 0.15) is 12.0 Å². The van der Waals surface area contributed by atoms with Crippen molar-refractivity contribution in [1.82, 2.24) is 4.90 Å². The largest absolute Gasteiger partial charge is 0.493 e. The molecule has 1 aliphatic rings. The van der Waals surface area contributed by atoms with Crippen molar-refractivity contribution in [1.29, 1.82) is 0 Å². The Morgan fingerprint density at radius 2 is 1.95 bits per heavy atom. The predicted molar refractivity (Wildman–Crippen MR) is 83.1 cm³/mol. The minimum Gasteiger partial charge on any atom is -0.493 e. The fourth-order valence-corrected chi connectivity index (χ4v) is 4.35. The summed E-state index contributed by atoms with van der Waals surface area (Å²) in [6.45, 7) is 0. The lowest BCUT2D eigenvalue weighted by atomic mass is 10.1. The maximum Gasteiger partial charge on any atom is 0.227 e. The number of rotatable bonds is 5. The highest BCUT2D eigenvalue weighted by atomic mass is 32.2. The summed E-state index contributed by atoms with van der Waals surface area (Å²) in [5.74, 6) is 1.29. The maximum atomic E-state index is 12.3. The monoisotopic (exact) mass is 327 g/mol. The summed E-state index contributed by atoms with van der Waals surface area (Å²) in [5.41, 5.74) is 0.801. The summed E-state index contributed by atoms with van der Waals surface area (Å²) in [6.07, 6.45) is 0.712. The molecule has 0 spiro atoms. The van der Waals surface area contributed by atoms with Crippen molar-refractivity contribution in [2.45, 2.75) is 18.9 Å². The van der Waals surface area contributed by atoms with Crippen LogP contribution in [0.3, 0.4) is 0 Å². The first-order chi connectivity index (χ1) is 10.4. The van der Waals surface area contributed by atoms with Crippen molar-refractivity contribution < 1.29 is 22.7 Å². The zero-order valence-corrected chi connectivity index (χ0v) is 13.9. The SMILES string of the molecule is COc1ccc(CC(=O)N(C)C2CCS(=O)(=O)C2)cc1OC. The van der Waals surface area contributed by atoms with Gasteiger partial charge in [-0.3, -0.25) is 4.79 Å². The second-order valence-electron chi connectivity index (χ2n) is 5.43. The maximum absolute atomic E-state index is 12.3. The number of carbonyl (C=O) groups is 1. The molecule has 0 bridgehead atoms. The molecule has 0 aliphatic carbocycles. The van der Waals surface area contributed by atoms with Gasteiger partial charge in [-0.05, 0) is 24.1 Å². The Balaban J connectivity index is 2.05. The first kappa shape index (κ1) is 16.6. The summed E-state index contributed by atoms with van der Waals surface area (Å²) in [6, 6.07) is 5.09. The molecule has 1 aromatic rings. The van der Waals surface area contributed by atoms with Crippen molar-refractivity contribution in [2.24, 2.45) is 0 Å². The molecule has 0 aromatic heterocycles. The summed E-state index contributed by atoms with van der Waals surface area (Å²) in [7, 11) is 1.76. The van der Waals surface area contributed by atoms with Crippen molar-refractivity contribution >= 4 is 15.7 Å². The normalized spacial score (nSPS) is 19.7. The van der Waals surface area contributed by atoms with Gasteiger partial charge in [-0.2, -0.15) is 0 Å². The van der Waals surface area contributed by atoms with Crippen molar-refractivity contribution in [3.8, 4) is 11.5 Å². The van der Waals surface area contributed by atoms with Crippen LogP contribution in [0, 0.1) is 0 Å². The van der Waals surface area contributed by atoms with Gasteiger partial charge in [0.05, 0.1) is 32.1 Å². The van der Waals surface area contributed by atoms with Gasteiger partial charge in [-0.15, -0.1) is 0 Å². The van der Waals surface area contributed by atoms with Gasteiger partial charge in [0.15, 0.2) is 21.3 Å². The molecule has 22 heavy (non-hydrogen) atoms. The van der Waals surface area contributed by atoms with E-state index in [4.69, 9.17) is 9.47 Å². The average Bonchev–Trinajstić information content (AvgIpc) is 2.86. The van der Waals surface area contributed by atoms with Gasteiger partial charge < -0.3 is 14.4 Å². The lowest BCUT2D eigenvalue weighted by molar-refractivity contribution is -0.130. The second kappa shape index (κ2) is 6.56. The Morgan fingerprint density at radius 1 is 1.27 bits per heavy atom. The van der Waals surface area contributed by atoms with E-state index in [9.17, 15) is 13.2 Å². The second-order valence-corrected chi connectivity index (χ2v) is 7.66. The number of nitrogens with zero attached hydrogens (tertiary/aromatic N) is 1. The number of hydrogen-bond donors (Lipinski definition) is 0. The number of hydrogen-bond acceptors (Lipinski definition) is 5. The highest BCUT2D eigenvalue weighted by molar-refractivity contribution is 7.91. The minimum absolute atomic E-state index is 0.0567. The van der Waals surface area contributed by atoms with Crippen LogP contribution in [0.15, 0.2) is 18.2 Å². The Hall–Kier alpha value is -1.76. The molecule has 1 aliphatic heterocycles. The third-order valence-corrected chi connectivity index (χ3v) is 5.70. The number of methoxy groups -OCH3 is 2. The van der Waals surface area contributed by atoms with Crippen molar-refractivity contribution in [3.63, 3.8) is 0 Å². The van der Waals surface area contributed by atoms with E-state index in [1.807, 2.05) is 0 Å². The van der Waals surface area contributed by atoms with E-state index in [1.165, 1.54) is 0 Å². The number of carbonyl (C=O) groups excluding carboxylic acids is 1. The molecule has 1 atom stereocenters. The number of amides is 1. The van der Waals surface area contributed by atoms with E-state index in [1.54, 1.807) is 44.4 Å². The van der Waals surface area contributed by atoms with Crippen LogP contribution in [-0.2, 0) is 21.1 Å². The highest BCUT2D eigenvalue weighted by Crippen LogP contribution is 2.28. The van der Waals surface area contributed by atoms with Gasteiger partial charge in [-0.1, -0.05) is 6.07 Å². The van der Waals surface area contributed by atoms with Crippen LogP contribution in [0.4, 0.5) is 0 Å². The quantitative estimate of drug-likeness (QED) is 0.803. The van der Waals surface area contributed by atoms with Crippen LogP contribution < -0.4 is 9.47 Å². The summed E-state index contributed by atoms with van der Waals surface area (Å²) >= 11 is 0. The summed E-state index contributed by atoms with van der Waals surface area (Å²) in [4.78, 5) is 13.9. The van der Waals surface area contributed by atoms with Gasteiger partial charge in [0, 0.05) is 13.1 Å². The van der Waals surface area contributed by atoms with E-state index in [-0.39, 0.29) is 29.9 Å². The lowest BCUT2D eigenvalue weighted by Gasteiger charge is -2.23. The number of benzene rings is 1. The van der Waals surface area contributed by atoms with Crippen molar-refractivity contribution in [2.75, 3.05) is 32.8 Å². The number of ether oxygens (including phenoxy) is 2. The fourth-order valence-electron chi connectivity index (χ4n) is 2.57. The molecule has 0 saturated carbocycles. The Bertz CT molecular complexity index is 656. The third-order valence-electron chi connectivity index (χ3n) is 3.95. The first-order valence-corrected chi connectivity index (χ1v) is 8.85. The van der Waals surface area contributed by atoms with Crippen LogP contribution >= 0.6 is 0 Å². The Labute approximate surface area is 130 Å². The van der Waals surface area contributed by atoms with Gasteiger partial charge in [0.25, 0.3) is 0 Å². The molecule has 1 heterocycles. The van der Waals surface area contributed by atoms with Crippen LogP contribution in [0.5, 0.6) is 11.5 Å². The molecule has 122 valence electrons. The topological polar surface area (TPSA) is 72.9 Å². The fraction of sp³-hybridized carbons (Fsp3) is 0.533. The zero-order valence-electron chi connectivity index (χ0n) is 13.0. The van der Waals surface area contributed by atoms with Gasteiger partial charge in [0.2, 0.25) is 5.91 Å². The summed E-state index contributed by atoms with van der Waals surface area (Å²) in [5, 5.41) is 0. The van der Waals surface area contributed by atoms with Gasteiger partial charge in [-0.25, -0.2) is 8.42 Å². The molecule has 1 saturated heterocycles. The molecule has 1 amide bonds. The molecule has 1 aromatic carbocycles. The number of likely N-dealkylation sites (N-methyl/N-ethyl adjacent to an activating group) is 1. The van der Waals surface area contributed by atoms with Crippen LogP contribution in [0.25, 0.3) is 0 Å². The standard InChI is InChI=1S/C15H21NO5S/c1-16(12-6-7-22(18,19)10-12)15(17)9-11-4-5-13(20-2)14(8-11)21-3/h4-5,8,12H,6-7,9-10H2,1-3H3. The molecular weight excluding hydrogens is 306 g/mol.